The lowest BCUT2D eigenvalue weighted by Crippen LogP contribution is -2.72. The number of anilines is 1. The van der Waals surface area contributed by atoms with E-state index in [4.69, 9.17) is 10.5 Å². The molecule has 1 aromatic heterocycles. The highest BCUT2D eigenvalue weighted by molar-refractivity contribution is 5.93. The summed E-state index contributed by atoms with van der Waals surface area (Å²) in [5.41, 5.74) is 3.16. The fourth-order valence-corrected chi connectivity index (χ4v) is 5.14. The van der Waals surface area contributed by atoms with Crippen molar-refractivity contribution < 1.29 is 27.8 Å². The van der Waals surface area contributed by atoms with Gasteiger partial charge in [-0.1, -0.05) is 0 Å². The van der Waals surface area contributed by atoms with Crippen molar-refractivity contribution in [3.05, 3.63) is 11.8 Å². The summed E-state index contributed by atoms with van der Waals surface area (Å²) in [5, 5.41) is 26.7. The topological polar surface area (TPSA) is 129 Å². The number of hydrogen-bond donors (Lipinski definition) is 3. The van der Waals surface area contributed by atoms with Gasteiger partial charge in [-0.25, -0.2) is 0 Å². The number of alkyl halides is 3. The van der Waals surface area contributed by atoms with Gasteiger partial charge in [-0.3, -0.25) is 14.4 Å². The van der Waals surface area contributed by atoms with Gasteiger partial charge in [-0.05, 0) is 45.4 Å². The normalized spacial score (nSPS) is 28.1. The zero-order valence-electron chi connectivity index (χ0n) is 19.1. The number of carbonyl (C=O) groups is 1. The highest BCUT2D eigenvalue weighted by atomic mass is 19.4. The van der Waals surface area contributed by atoms with Crippen LogP contribution in [-0.2, 0) is 15.1 Å². The second kappa shape index (κ2) is 9.11. The van der Waals surface area contributed by atoms with Gasteiger partial charge >= 0.3 is 6.18 Å². The van der Waals surface area contributed by atoms with E-state index in [1.165, 1.54) is 0 Å². The lowest BCUT2D eigenvalue weighted by atomic mass is 9.75. The van der Waals surface area contributed by atoms with E-state index in [0.717, 1.165) is 12.8 Å². The van der Waals surface area contributed by atoms with Crippen LogP contribution in [0, 0.1) is 17.2 Å². The summed E-state index contributed by atoms with van der Waals surface area (Å²) in [6.07, 6.45) is -0.230. The number of rotatable bonds is 8. The number of amides is 1. The van der Waals surface area contributed by atoms with Crippen molar-refractivity contribution in [2.75, 3.05) is 25.0 Å². The van der Waals surface area contributed by atoms with Crippen LogP contribution in [0.25, 0.3) is 0 Å². The van der Waals surface area contributed by atoms with E-state index in [9.17, 15) is 28.3 Å². The number of nitrogens with zero attached hydrogens (tertiary/aromatic N) is 4. The Labute approximate surface area is 196 Å². The molecule has 0 aromatic carbocycles. The molecule has 2 aliphatic carbocycles. The van der Waals surface area contributed by atoms with Gasteiger partial charge in [0.15, 0.2) is 11.4 Å². The third kappa shape index (κ3) is 4.54. The third-order valence-electron chi connectivity index (χ3n) is 7.40. The Morgan fingerprint density at radius 3 is 2.53 bits per heavy atom. The minimum atomic E-state index is -4.42. The van der Waals surface area contributed by atoms with Gasteiger partial charge in [-0.15, -0.1) is 0 Å². The number of aliphatic hydroxyl groups excluding tert-OH is 1. The van der Waals surface area contributed by atoms with Gasteiger partial charge in [0.2, 0.25) is 5.91 Å². The van der Waals surface area contributed by atoms with Crippen LogP contribution < -0.4 is 11.1 Å². The lowest BCUT2D eigenvalue weighted by molar-refractivity contribution is -0.322. The average Bonchev–Trinajstić information content (AvgIpc) is 3.50. The van der Waals surface area contributed by atoms with Crippen molar-refractivity contribution in [2.45, 2.75) is 81.5 Å². The molecule has 1 unspecified atom stereocenters. The lowest BCUT2D eigenvalue weighted by Gasteiger charge is -2.54. The van der Waals surface area contributed by atoms with Gasteiger partial charge in [0.1, 0.15) is 6.23 Å². The predicted molar refractivity (Wildman–Crippen MR) is 115 cm³/mol. The minimum Gasteiger partial charge on any atom is -0.374 e. The van der Waals surface area contributed by atoms with Crippen molar-refractivity contribution >= 4 is 11.7 Å². The molecule has 12 heteroatoms. The maximum atomic E-state index is 13.5. The Kier molecular flexibility index (Phi) is 6.67. The average molecular weight is 485 g/mol. The molecule has 2 saturated carbocycles. The predicted octanol–water partition coefficient (Wildman–Crippen LogP) is 2.39. The fourth-order valence-electron chi connectivity index (χ4n) is 5.14. The molecule has 0 radical (unpaired) electrons. The zero-order chi connectivity index (χ0) is 24.7. The van der Waals surface area contributed by atoms with E-state index in [1.807, 2.05) is 0 Å². The van der Waals surface area contributed by atoms with Crippen LogP contribution in [0.1, 0.15) is 63.7 Å². The van der Waals surface area contributed by atoms with Crippen molar-refractivity contribution in [2.24, 2.45) is 11.7 Å². The summed E-state index contributed by atoms with van der Waals surface area (Å²) in [5.74, 6) is -0.0559. The molecule has 3 aliphatic rings. The summed E-state index contributed by atoms with van der Waals surface area (Å²) in [7, 11) is 0. The zero-order valence-corrected chi connectivity index (χ0v) is 19.1. The van der Waals surface area contributed by atoms with Crippen LogP contribution >= 0.6 is 0 Å². The molecule has 9 nitrogen and oxygen atoms in total. The Balaban J connectivity index is 1.47. The van der Waals surface area contributed by atoms with E-state index in [0.29, 0.717) is 25.7 Å². The maximum Gasteiger partial charge on any atom is 0.419 e. The largest absolute Gasteiger partial charge is 0.419 e. The van der Waals surface area contributed by atoms with E-state index in [1.54, 1.807) is 22.7 Å². The van der Waals surface area contributed by atoms with Gasteiger partial charge in [0.25, 0.3) is 0 Å². The molecule has 2 heterocycles. The number of aliphatic hydroxyl groups is 1. The number of nitrogens with one attached hydrogen (secondary N) is 1. The summed E-state index contributed by atoms with van der Waals surface area (Å²) in [6, 6.07) is 2.15. The number of nitriles is 1. The molecule has 1 atom stereocenters. The molecular weight excluding hydrogens is 453 g/mol. The minimum absolute atomic E-state index is 0.00244. The smallest absolute Gasteiger partial charge is 0.374 e. The first-order chi connectivity index (χ1) is 16.0. The number of halogens is 3. The summed E-state index contributed by atoms with van der Waals surface area (Å²) in [6.45, 7) is 1.17. The third-order valence-corrected chi connectivity index (χ3v) is 7.40. The number of ether oxygens (including phenoxy) is 1. The molecule has 188 valence electrons. The Morgan fingerprint density at radius 2 is 2.03 bits per heavy atom. The van der Waals surface area contributed by atoms with Crippen LogP contribution in [0.15, 0.2) is 6.20 Å². The van der Waals surface area contributed by atoms with Crippen molar-refractivity contribution in [1.29, 1.82) is 5.26 Å². The molecule has 1 amide bonds. The molecule has 0 bridgehead atoms. The van der Waals surface area contributed by atoms with Crippen molar-refractivity contribution in [3.63, 3.8) is 0 Å². The number of aromatic nitrogens is 2. The quantitative estimate of drug-likeness (QED) is 0.483. The van der Waals surface area contributed by atoms with Gasteiger partial charge in [0, 0.05) is 37.9 Å². The molecule has 4 N–H and O–H groups in total. The standard InChI is InChI=1S/C22H31F3N6O3/c1-2-34-21(22(23,24)25)12-30(13-21)15-5-7-20(8-6-15,9-10-26)31-11-16(17(27)32)18(29-31)28-19(33)14-3-4-14/h11,14-15,17,32H,2-9,12-13,27H2,1H3,(H,28,29,33). The number of likely N-dealkylation sites (tertiary alicyclic amines) is 1. The summed E-state index contributed by atoms with van der Waals surface area (Å²) >= 11 is 0. The molecule has 34 heavy (non-hydrogen) atoms. The van der Waals surface area contributed by atoms with E-state index < -0.39 is 23.5 Å². The maximum absolute atomic E-state index is 13.5. The first kappa shape index (κ1) is 24.9. The van der Waals surface area contributed by atoms with Crippen LogP contribution in [0.3, 0.4) is 0 Å². The molecule has 0 spiro atoms. The molecule has 4 rings (SSSR count). The van der Waals surface area contributed by atoms with Crippen LogP contribution in [0.2, 0.25) is 0 Å². The second-order valence-electron chi connectivity index (χ2n) is 9.71. The summed E-state index contributed by atoms with van der Waals surface area (Å²) in [4.78, 5) is 14.0. The second-order valence-corrected chi connectivity index (χ2v) is 9.71. The monoisotopic (exact) mass is 484 g/mol. The number of hydrogen-bond acceptors (Lipinski definition) is 7. The van der Waals surface area contributed by atoms with Gasteiger partial charge < -0.3 is 20.9 Å². The van der Waals surface area contributed by atoms with E-state index in [-0.39, 0.29) is 55.4 Å². The molecular formula is C22H31F3N6O3. The fraction of sp³-hybridized carbons (Fsp3) is 0.773. The van der Waals surface area contributed by atoms with Crippen molar-refractivity contribution in [3.8, 4) is 6.07 Å². The van der Waals surface area contributed by atoms with Crippen LogP contribution in [-0.4, -0.2) is 63.2 Å². The molecule has 1 aliphatic heterocycles. The molecule has 3 fully saturated rings. The molecule has 1 saturated heterocycles. The summed E-state index contributed by atoms with van der Waals surface area (Å²) < 4.78 is 47.3. The van der Waals surface area contributed by atoms with Gasteiger partial charge in [0.05, 0.1) is 23.6 Å². The highest BCUT2D eigenvalue weighted by Gasteiger charge is 2.64. The van der Waals surface area contributed by atoms with E-state index in [2.05, 4.69) is 16.5 Å². The number of nitrogens with two attached hydrogens (primary N) is 1. The Morgan fingerprint density at radius 1 is 1.38 bits per heavy atom. The first-order valence-corrected chi connectivity index (χ1v) is 11.7. The molecule has 1 aromatic rings. The SMILES string of the molecule is CCOC1(C(F)(F)F)CN(C2CCC(CC#N)(n3cc(C(N)O)c(NC(=O)C4CC4)n3)CC2)C1. The highest BCUT2D eigenvalue weighted by Crippen LogP contribution is 2.46. The van der Waals surface area contributed by atoms with Crippen LogP contribution in [0.5, 0.6) is 0 Å². The Bertz CT molecular complexity index is 939. The first-order valence-electron chi connectivity index (χ1n) is 11.7. The van der Waals surface area contributed by atoms with Crippen molar-refractivity contribution in [1.82, 2.24) is 14.7 Å². The van der Waals surface area contributed by atoms with Crippen LogP contribution in [0.4, 0.5) is 19.0 Å². The van der Waals surface area contributed by atoms with Gasteiger partial charge in [-0.2, -0.15) is 23.5 Å². The van der Waals surface area contributed by atoms with E-state index >= 15 is 0 Å². The Hall–Kier alpha value is -2.20. The number of carbonyl (C=O) groups excluding carboxylic acids is 1.